The summed E-state index contributed by atoms with van der Waals surface area (Å²) in [5.41, 5.74) is 0.732. The number of halogens is 3. The van der Waals surface area contributed by atoms with Crippen LogP contribution in [0.25, 0.3) is 0 Å². The standard InChI is InChI=1S/C10H10F3N/c1-10(12)8-5-3-2-4-7(8)6-9(11)14(10)13/h2-5,9H,6H2,1H3. The first-order chi connectivity index (χ1) is 6.53. The van der Waals surface area contributed by atoms with Crippen molar-refractivity contribution in [2.24, 2.45) is 0 Å². The van der Waals surface area contributed by atoms with Gasteiger partial charge in [0, 0.05) is 12.0 Å². The summed E-state index contributed by atoms with van der Waals surface area (Å²) < 4.78 is 40.0. The van der Waals surface area contributed by atoms with E-state index < -0.39 is 12.1 Å². The van der Waals surface area contributed by atoms with Gasteiger partial charge in [-0.3, -0.25) is 0 Å². The van der Waals surface area contributed by atoms with E-state index in [9.17, 15) is 13.3 Å². The van der Waals surface area contributed by atoms with E-state index in [4.69, 9.17) is 0 Å². The third kappa shape index (κ3) is 1.21. The molecule has 0 aliphatic carbocycles. The van der Waals surface area contributed by atoms with Crippen molar-refractivity contribution < 1.29 is 13.3 Å². The van der Waals surface area contributed by atoms with Gasteiger partial charge >= 0.3 is 0 Å². The van der Waals surface area contributed by atoms with Gasteiger partial charge in [-0.1, -0.05) is 29.4 Å². The highest BCUT2D eigenvalue weighted by molar-refractivity contribution is 5.34. The maximum absolute atomic E-state index is 13.8. The Balaban J connectivity index is 2.54. The van der Waals surface area contributed by atoms with Crippen LogP contribution in [0.2, 0.25) is 0 Å². The fourth-order valence-corrected chi connectivity index (χ4v) is 1.78. The third-order valence-electron chi connectivity index (χ3n) is 2.54. The highest BCUT2D eigenvalue weighted by atomic mass is 19.2. The molecule has 4 heteroatoms. The Morgan fingerprint density at radius 1 is 1.43 bits per heavy atom. The molecule has 0 aromatic heterocycles. The number of fused-ring (bicyclic) bond motifs is 1. The van der Waals surface area contributed by atoms with Crippen molar-refractivity contribution >= 4 is 0 Å². The lowest BCUT2D eigenvalue weighted by molar-refractivity contribution is -0.221. The van der Waals surface area contributed by atoms with Gasteiger partial charge in [-0.15, -0.1) is 4.48 Å². The second-order valence-electron chi connectivity index (χ2n) is 3.56. The first kappa shape index (κ1) is 9.52. The molecule has 0 saturated carbocycles. The fourth-order valence-electron chi connectivity index (χ4n) is 1.78. The molecule has 2 unspecified atom stereocenters. The molecule has 0 bridgehead atoms. The SMILES string of the molecule is CC1(F)c2ccccc2CC(F)N1F. The Labute approximate surface area is 80.1 Å². The molecule has 0 fully saturated rings. The van der Waals surface area contributed by atoms with Gasteiger partial charge in [0.25, 0.3) is 0 Å². The summed E-state index contributed by atoms with van der Waals surface area (Å²) in [6, 6.07) is 6.40. The largest absolute Gasteiger partial charge is 0.227 e. The van der Waals surface area contributed by atoms with E-state index in [1.54, 1.807) is 18.2 Å². The molecular formula is C10H10F3N. The lowest BCUT2D eigenvalue weighted by Gasteiger charge is -2.35. The topological polar surface area (TPSA) is 3.24 Å². The van der Waals surface area contributed by atoms with Crippen molar-refractivity contribution in [2.75, 3.05) is 0 Å². The normalized spacial score (nSPS) is 32.7. The van der Waals surface area contributed by atoms with Crippen LogP contribution in [0.15, 0.2) is 24.3 Å². The Morgan fingerprint density at radius 2 is 2.07 bits per heavy atom. The van der Waals surface area contributed by atoms with Crippen LogP contribution in [-0.4, -0.2) is 11.4 Å². The molecule has 0 N–H and O–H groups in total. The molecule has 1 nitrogen and oxygen atoms in total. The van der Waals surface area contributed by atoms with Gasteiger partial charge in [0.15, 0.2) is 6.30 Å². The molecule has 0 amide bonds. The number of alkyl halides is 2. The molecule has 1 aliphatic heterocycles. The fraction of sp³-hybridized carbons (Fsp3) is 0.400. The molecule has 1 aromatic rings. The van der Waals surface area contributed by atoms with Gasteiger partial charge in [-0.25, -0.2) is 8.78 Å². The Morgan fingerprint density at radius 3 is 2.79 bits per heavy atom. The summed E-state index contributed by atoms with van der Waals surface area (Å²) >= 11 is 0. The summed E-state index contributed by atoms with van der Waals surface area (Å²) in [5.74, 6) is -2.37. The van der Waals surface area contributed by atoms with Crippen LogP contribution in [0.5, 0.6) is 0 Å². The van der Waals surface area contributed by atoms with Crippen LogP contribution in [0.4, 0.5) is 13.3 Å². The first-order valence-electron chi connectivity index (χ1n) is 4.40. The van der Waals surface area contributed by atoms with Crippen LogP contribution in [0, 0.1) is 0 Å². The van der Waals surface area contributed by atoms with Crippen molar-refractivity contribution in [3.63, 3.8) is 0 Å². The van der Waals surface area contributed by atoms with E-state index in [2.05, 4.69) is 0 Å². The number of hydrogen-bond donors (Lipinski definition) is 0. The van der Waals surface area contributed by atoms with Gasteiger partial charge in [-0.2, -0.15) is 0 Å². The second-order valence-corrected chi connectivity index (χ2v) is 3.56. The van der Waals surface area contributed by atoms with E-state index in [0.29, 0.717) is 5.56 Å². The number of hydrogen-bond acceptors (Lipinski definition) is 1. The Kier molecular flexibility index (Phi) is 2.03. The van der Waals surface area contributed by atoms with Gasteiger partial charge < -0.3 is 0 Å². The van der Waals surface area contributed by atoms with Gasteiger partial charge in [-0.05, 0) is 12.5 Å². The predicted molar refractivity (Wildman–Crippen MR) is 46.4 cm³/mol. The van der Waals surface area contributed by atoms with Crippen molar-refractivity contribution in [3.8, 4) is 0 Å². The van der Waals surface area contributed by atoms with E-state index in [0.717, 1.165) is 6.92 Å². The zero-order valence-electron chi connectivity index (χ0n) is 7.67. The molecule has 0 spiro atoms. The summed E-state index contributed by atoms with van der Waals surface area (Å²) in [6.45, 7) is 1.03. The van der Waals surface area contributed by atoms with Gasteiger partial charge in [0.2, 0.25) is 5.79 Å². The molecular weight excluding hydrogens is 191 g/mol. The van der Waals surface area contributed by atoms with Crippen LogP contribution in [0.3, 0.4) is 0 Å². The van der Waals surface area contributed by atoms with Crippen LogP contribution in [0.1, 0.15) is 18.1 Å². The van der Waals surface area contributed by atoms with Crippen molar-refractivity contribution in [3.05, 3.63) is 35.4 Å². The van der Waals surface area contributed by atoms with Crippen LogP contribution in [-0.2, 0) is 12.2 Å². The maximum atomic E-state index is 13.8. The van der Waals surface area contributed by atoms with Crippen LogP contribution < -0.4 is 0 Å². The maximum Gasteiger partial charge on any atom is 0.216 e. The minimum absolute atomic E-state index is 0.105. The zero-order chi connectivity index (χ0) is 10.3. The average molecular weight is 201 g/mol. The van der Waals surface area contributed by atoms with E-state index >= 15 is 0 Å². The monoisotopic (exact) mass is 201 g/mol. The Bertz CT molecular complexity index is 351. The smallest absolute Gasteiger partial charge is 0.216 e. The van der Waals surface area contributed by atoms with Crippen molar-refractivity contribution in [1.82, 2.24) is 5.12 Å². The summed E-state index contributed by atoms with van der Waals surface area (Å²) in [7, 11) is 0. The van der Waals surface area contributed by atoms with Crippen LogP contribution >= 0.6 is 0 Å². The molecule has 2 rings (SSSR count). The third-order valence-corrected chi connectivity index (χ3v) is 2.54. The molecule has 1 heterocycles. The van der Waals surface area contributed by atoms with E-state index in [1.807, 2.05) is 0 Å². The predicted octanol–water partition coefficient (Wildman–Crippen LogP) is 2.87. The van der Waals surface area contributed by atoms with Gasteiger partial charge in [0.05, 0.1) is 0 Å². The Hall–Kier alpha value is -1.03. The molecule has 14 heavy (non-hydrogen) atoms. The minimum Gasteiger partial charge on any atom is -0.227 e. The molecule has 1 aromatic carbocycles. The highest BCUT2D eigenvalue weighted by Gasteiger charge is 2.45. The number of nitrogens with zero attached hydrogens (tertiary/aromatic N) is 1. The quantitative estimate of drug-likeness (QED) is 0.461. The average Bonchev–Trinajstić information content (AvgIpc) is 2.15. The second kappa shape index (κ2) is 2.98. The lowest BCUT2D eigenvalue weighted by atomic mass is 9.93. The minimum atomic E-state index is -2.37. The summed E-state index contributed by atoms with van der Waals surface area (Å²) in [5, 5.41) is -0.366. The number of rotatable bonds is 0. The summed E-state index contributed by atoms with van der Waals surface area (Å²) in [4.78, 5) is 0. The highest BCUT2D eigenvalue weighted by Crippen LogP contribution is 2.39. The molecule has 2 atom stereocenters. The molecule has 0 saturated heterocycles. The van der Waals surface area contributed by atoms with Gasteiger partial charge in [0.1, 0.15) is 0 Å². The number of benzene rings is 1. The van der Waals surface area contributed by atoms with E-state index in [1.165, 1.54) is 6.07 Å². The van der Waals surface area contributed by atoms with E-state index in [-0.39, 0.29) is 17.1 Å². The lowest BCUT2D eigenvalue weighted by Crippen LogP contribution is -2.45. The zero-order valence-corrected chi connectivity index (χ0v) is 7.67. The van der Waals surface area contributed by atoms with Crippen molar-refractivity contribution in [2.45, 2.75) is 25.4 Å². The first-order valence-corrected chi connectivity index (χ1v) is 4.40. The summed E-state index contributed by atoms with van der Waals surface area (Å²) in [6.07, 6.45) is -2.01. The molecule has 0 radical (unpaired) electrons. The van der Waals surface area contributed by atoms with Crippen molar-refractivity contribution in [1.29, 1.82) is 0 Å². The molecule has 76 valence electrons. The molecule has 1 aliphatic rings.